The second kappa shape index (κ2) is 7.05. The van der Waals surface area contributed by atoms with Crippen molar-refractivity contribution in [3.05, 3.63) is 41.5 Å². The topological polar surface area (TPSA) is 179 Å². The molecule has 0 radical (unpaired) electrons. The van der Waals surface area contributed by atoms with Crippen LogP contribution in [-0.2, 0) is 6.42 Å². The van der Waals surface area contributed by atoms with Gasteiger partial charge in [-0.2, -0.15) is 0 Å². The fourth-order valence-corrected chi connectivity index (χ4v) is 2.47. The Morgan fingerprint density at radius 2 is 1.64 bits per heavy atom. The molecular weight excluding hydrogens is 332 g/mol. The average molecular weight is 350 g/mol. The number of fused-ring (bicyclic) bond motifs is 1. The summed E-state index contributed by atoms with van der Waals surface area (Å²) in [5.41, 5.74) is 9.39. The zero-order valence-corrected chi connectivity index (χ0v) is 13.0. The number of phenols is 4. The molecule has 2 amide bonds. The molecule has 134 valence electrons. The number of urea groups is 1. The predicted molar refractivity (Wildman–Crippen MR) is 86.4 cm³/mol. The van der Waals surface area contributed by atoms with Crippen molar-refractivity contribution in [3.63, 3.8) is 0 Å². The highest BCUT2D eigenvalue weighted by Gasteiger charge is 2.32. The first-order valence-corrected chi connectivity index (χ1v) is 7.15. The molecule has 1 aliphatic rings. The summed E-state index contributed by atoms with van der Waals surface area (Å²) >= 11 is 0. The van der Waals surface area contributed by atoms with Crippen molar-refractivity contribution in [2.24, 2.45) is 11.5 Å². The van der Waals surface area contributed by atoms with Crippen molar-refractivity contribution >= 4 is 6.03 Å². The molecule has 0 aromatic heterocycles. The SMILES string of the molecule is NC(N)=O.Oc1cc(O)c2c(c1)O[C@H](c1ccc(O)c(O)c1)[C@H](O)C2. The van der Waals surface area contributed by atoms with E-state index in [0.29, 0.717) is 11.1 Å². The standard InChI is InChI=1S/C15H14O6.CH4N2O/c16-8-4-11(18)9-6-13(20)15(21-14(9)5-8)7-1-2-10(17)12(19)3-7;2-1(3)4/h1-5,13,15-20H,6H2;(H4,2,3,4)/t13-,15-;/m1./s1. The Hall–Kier alpha value is -3.33. The van der Waals surface area contributed by atoms with Gasteiger partial charge >= 0.3 is 6.03 Å². The molecule has 3 rings (SSSR count). The van der Waals surface area contributed by atoms with E-state index in [4.69, 9.17) is 9.53 Å². The van der Waals surface area contributed by atoms with Gasteiger partial charge in [-0.25, -0.2) is 4.79 Å². The van der Waals surface area contributed by atoms with E-state index in [0.717, 1.165) is 0 Å². The van der Waals surface area contributed by atoms with Crippen molar-refractivity contribution < 1.29 is 35.1 Å². The van der Waals surface area contributed by atoms with Crippen LogP contribution in [0.15, 0.2) is 30.3 Å². The van der Waals surface area contributed by atoms with E-state index in [1.807, 2.05) is 0 Å². The first-order valence-electron chi connectivity index (χ1n) is 7.15. The fraction of sp³-hybridized carbons (Fsp3) is 0.188. The lowest BCUT2D eigenvalue weighted by Gasteiger charge is -2.31. The zero-order valence-electron chi connectivity index (χ0n) is 13.0. The summed E-state index contributed by atoms with van der Waals surface area (Å²) < 4.78 is 5.62. The molecule has 0 unspecified atom stereocenters. The van der Waals surface area contributed by atoms with Gasteiger partial charge in [-0.15, -0.1) is 0 Å². The molecular formula is C16H18N2O7. The molecule has 0 aliphatic carbocycles. The smallest absolute Gasteiger partial charge is 0.309 e. The average Bonchev–Trinajstić information content (AvgIpc) is 2.50. The largest absolute Gasteiger partial charge is 0.508 e. The summed E-state index contributed by atoms with van der Waals surface area (Å²) in [6, 6.07) is 5.83. The predicted octanol–water partition coefficient (Wildman–Crippen LogP) is 0.570. The summed E-state index contributed by atoms with van der Waals surface area (Å²) in [4.78, 5) is 9.00. The highest BCUT2D eigenvalue weighted by atomic mass is 16.5. The molecule has 2 aromatic carbocycles. The van der Waals surface area contributed by atoms with Gasteiger partial charge < -0.3 is 41.7 Å². The van der Waals surface area contributed by atoms with Gasteiger partial charge in [0, 0.05) is 24.1 Å². The summed E-state index contributed by atoms with van der Waals surface area (Å²) in [5.74, 6) is -0.589. The Bertz CT molecular complexity index is 790. The van der Waals surface area contributed by atoms with E-state index in [1.165, 1.54) is 30.3 Å². The minimum atomic E-state index is -0.933. The Balaban J connectivity index is 0.000000511. The molecule has 1 heterocycles. The molecule has 0 bridgehead atoms. The molecule has 0 saturated carbocycles. The van der Waals surface area contributed by atoms with Gasteiger partial charge in [-0.3, -0.25) is 0 Å². The van der Waals surface area contributed by atoms with Gasteiger partial charge in [0.05, 0.1) is 6.10 Å². The molecule has 9 N–H and O–H groups in total. The maximum absolute atomic E-state index is 10.2. The van der Waals surface area contributed by atoms with Crippen LogP contribution >= 0.6 is 0 Å². The number of carbonyl (C=O) groups is 1. The van der Waals surface area contributed by atoms with Crippen LogP contribution in [0.2, 0.25) is 0 Å². The number of hydrogen-bond acceptors (Lipinski definition) is 7. The summed E-state index contributed by atoms with van der Waals surface area (Å²) in [6.07, 6.45) is -1.56. The number of ether oxygens (including phenoxy) is 1. The first-order chi connectivity index (χ1) is 11.7. The fourth-order valence-electron chi connectivity index (χ4n) is 2.47. The van der Waals surface area contributed by atoms with E-state index in [1.54, 1.807) is 0 Å². The van der Waals surface area contributed by atoms with E-state index in [-0.39, 0.29) is 35.2 Å². The number of phenolic OH excluding ortho intramolecular Hbond substituents is 4. The quantitative estimate of drug-likeness (QED) is 0.367. The van der Waals surface area contributed by atoms with Crippen LogP contribution in [0.5, 0.6) is 28.7 Å². The number of nitrogens with two attached hydrogens (primary N) is 2. The second-order valence-electron chi connectivity index (χ2n) is 5.40. The van der Waals surface area contributed by atoms with Crippen LogP contribution in [0, 0.1) is 0 Å². The Labute approximate surface area is 142 Å². The summed E-state index contributed by atoms with van der Waals surface area (Å²) in [5, 5.41) is 48.3. The highest BCUT2D eigenvalue weighted by molar-refractivity contribution is 5.69. The third-order valence-corrected chi connectivity index (χ3v) is 3.51. The number of rotatable bonds is 1. The molecule has 0 saturated heterocycles. The number of benzene rings is 2. The maximum atomic E-state index is 10.2. The Morgan fingerprint density at radius 1 is 1.00 bits per heavy atom. The summed E-state index contributed by atoms with van der Waals surface area (Å²) in [7, 11) is 0. The number of primary amides is 2. The van der Waals surface area contributed by atoms with E-state index >= 15 is 0 Å². The van der Waals surface area contributed by atoms with Crippen LogP contribution < -0.4 is 16.2 Å². The normalized spacial score (nSPS) is 18.3. The third-order valence-electron chi connectivity index (χ3n) is 3.51. The molecule has 2 aromatic rings. The molecule has 9 heteroatoms. The number of aliphatic hydroxyl groups is 1. The zero-order chi connectivity index (χ0) is 18.7. The van der Waals surface area contributed by atoms with Crippen LogP contribution in [-0.4, -0.2) is 37.7 Å². The van der Waals surface area contributed by atoms with Crippen LogP contribution in [0.1, 0.15) is 17.2 Å². The minimum absolute atomic E-state index is 0.143. The van der Waals surface area contributed by atoms with Crippen LogP contribution in [0.4, 0.5) is 4.79 Å². The minimum Gasteiger partial charge on any atom is -0.508 e. The third kappa shape index (κ3) is 4.15. The van der Waals surface area contributed by atoms with Gasteiger partial charge in [0.25, 0.3) is 0 Å². The number of amides is 2. The molecule has 9 nitrogen and oxygen atoms in total. The van der Waals surface area contributed by atoms with E-state index in [2.05, 4.69) is 11.5 Å². The van der Waals surface area contributed by atoms with Gasteiger partial charge in [0.1, 0.15) is 23.4 Å². The van der Waals surface area contributed by atoms with Crippen molar-refractivity contribution in [3.8, 4) is 28.7 Å². The first kappa shape index (κ1) is 18.0. The molecule has 2 atom stereocenters. The molecule has 25 heavy (non-hydrogen) atoms. The van der Waals surface area contributed by atoms with Gasteiger partial charge in [0.15, 0.2) is 11.5 Å². The lowest BCUT2D eigenvalue weighted by molar-refractivity contribution is 0.0197. The number of carbonyl (C=O) groups excluding carboxylic acids is 1. The molecule has 0 spiro atoms. The van der Waals surface area contributed by atoms with Gasteiger partial charge in [-0.05, 0) is 17.7 Å². The van der Waals surface area contributed by atoms with Crippen molar-refractivity contribution in [2.75, 3.05) is 0 Å². The van der Waals surface area contributed by atoms with Crippen LogP contribution in [0.25, 0.3) is 0 Å². The van der Waals surface area contributed by atoms with Gasteiger partial charge in [-0.1, -0.05) is 6.07 Å². The number of aliphatic hydroxyl groups excluding tert-OH is 1. The highest BCUT2D eigenvalue weighted by Crippen LogP contribution is 2.42. The number of aromatic hydroxyl groups is 4. The summed E-state index contributed by atoms with van der Waals surface area (Å²) in [6.45, 7) is 0. The van der Waals surface area contributed by atoms with E-state index < -0.39 is 18.2 Å². The van der Waals surface area contributed by atoms with E-state index in [9.17, 15) is 25.5 Å². The molecule has 0 fully saturated rings. The monoisotopic (exact) mass is 350 g/mol. The lowest BCUT2D eigenvalue weighted by Crippen LogP contribution is -2.30. The van der Waals surface area contributed by atoms with Crippen LogP contribution in [0.3, 0.4) is 0 Å². The van der Waals surface area contributed by atoms with Crippen molar-refractivity contribution in [1.82, 2.24) is 0 Å². The molecule has 1 aliphatic heterocycles. The Morgan fingerprint density at radius 3 is 2.24 bits per heavy atom. The van der Waals surface area contributed by atoms with Crippen molar-refractivity contribution in [1.29, 1.82) is 0 Å². The lowest BCUT2D eigenvalue weighted by atomic mass is 9.94. The number of hydrogen-bond donors (Lipinski definition) is 7. The van der Waals surface area contributed by atoms with Crippen molar-refractivity contribution in [2.45, 2.75) is 18.6 Å². The maximum Gasteiger partial charge on any atom is 0.309 e. The Kier molecular flexibility index (Phi) is 5.08. The van der Waals surface area contributed by atoms with Gasteiger partial charge in [0.2, 0.25) is 0 Å². The second-order valence-corrected chi connectivity index (χ2v) is 5.40.